The second-order valence-electron chi connectivity index (χ2n) is 1.87. The largest absolute Gasteiger partial charge is 0.493 e. The van der Waals surface area contributed by atoms with Crippen molar-refractivity contribution in [1.29, 1.82) is 0 Å². The van der Waals surface area contributed by atoms with Crippen molar-refractivity contribution in [2.24, 2.45) is 0 Å². The van der Waals surface area contributed by atoms with Gasteiger partial charge in [0.1, 0.15) is 0 Å². The van der Waals surface area contributed by atoms with E-state index in [0.29, 0.717) is 11.5 Å². The number of hydrogen-bond donors (Lipinski definition) is 0. The molecule has 0 spiro atoms. The molecule has 2 nitrogen and oxygen atoms in total. The van der Waals surface area contributed by atoms with E-state index in [1.807, 2.05) is 0 Å². The van der Waals surface area contributed by atoms with E-state index in [0.717, 1.165) is 0 Å². The van der Waals surface area contributed by atoms with Crippen LogP contribution in [0.15, 0.2) is 36.3 Å². The van der Waals surface area contributed by atoms with Crippen molar-refractivity contribution in [3.05, 3.63) is 41.1 Å². The van der Waals surface area contributed by atoms with Crippen LogP contribution in [-0.2, 0) is 4.74 Å². The first kappa shape index (κ1) is 9.51. The maximum Gasteiger partial charge on any atom is 0.376 e. The highest BCUT2D eigenvalue weighted by Crippen LogP contribution is 2.07. The average Bonchev–Trinajstić information content (AvgIpc) is 2.05. The molecule has 0 saturated heterocycles. The lowest BCUT2D eigenvalue weighted by atomic mass is 10.3. The maximum absolute atomic E-state index is 5.09. The first-order valence-corrected chi connectivity index (χ1v) is 3.21. The summed E-state index contributed by atoms with van der Waals surface area (Å²) in [5.41, 5.74) is 0.618. The van der Waals surface area contributed by atoms with E-state index in [9.17, 15) is 0 Å². The molecular formula is C9H12NO+. The van der Waals surface area contributed by atoms with E-state index in [1.165, 1.54) is 0 Å². The summed E-state index contributed by atoms with van der Waals surface area (Å²) in [4.78, 5) is 3.52. The highest BCUT2D eigenvalue weighted by molar-refractivity contribution is 5.29. The van der Waals surface area contributed by atoms with Gasteiger partial charge in [0, 0.05) is 13.0 Å². The SMILES string of the molecule is C#[N+]C(/C=C\C=C)=C(/C)OC. The summed E-state index contributed by atoms with van der Waals surface area (Å²) in [7, 11) is 1.57. The van der Waals surface area contributed by atoms with Gasteiger partial charge in [0.15, 0.2) is 5.76 Å². The fourth-order valence-electron chi connectivity index (χ4n) is 0.515. The van der Waals surface area contributed by atoms with Crippen LogP contribution in [0.1, 0.15) is 6.92 Å². The van der Waals surface area contributed by atoms with Crippen LogP contribution in [-0.4, -0.2) is 7.11 Å². The van der Waals surface area contributed by atoms with Gasteiger partial charge >= 0.3 is 5.70 Å². The molecule has 0 rings (SSSR count). The standard InChI is InChI=1S/C9H12NO/c1-5-6-7-9(10-3)8(2)11-4/h3,5-7H,1H2,2,4H3/q+1/b7-6-,9-8-. The van der Waals surface area contributed by atoms with E-state index in [-0.39, 0.29) is 0 Å². The molecule has 58 valence electrons. The van der Waals surface area contributed by atoms with Gasteiger partial charge in [0.2, 0.25) is 0 Å². The van der Waals surface area contributed by atoms with E-state index >= 15 is 0 Å². The van der Waals surface area contributed by atoms with Gasteiger partial charge < -0.3 is 4.74 Å². The average molecular weight is 150 g/mol. The Morgan fingerprint density at radius 1 is 1.64 bits per heavy atom. The molecule has 0 aliphatic carbocycles. The molecule has 0 aliphatic heterocycles. The Labute approximate surface area is 67.3 Å². The molecule has 0 unspecified atom stereocenters. The number of rotatable bonds is 3. The zero-order valence-electron chi connectivity index (χ0n) is 6.87. The van der Waals surface area contributed by atoms with Crippen LogP contribution in [0.2, 0.25) is 0 Å². The summed E-state index contributed by atoms with van der Waals surface area (Å²) in [6.07, 6.45) is 5.12. The molecule has 0 heterocycles. The molecule has 0 atom stereocenters. The molecule has 0 aromatic rings. The van der Waals surface area contributed by atoms with Crippen LogP contribution in [0.3, 0.4) is 0 Å². The number of methoxy groups -OCH3 is 1. The fourth-order valence-corrected chi connectivity index (χ4v) is 0.515. The lowest BCUT2D eigenvalue weighted by Gasteiger charge is -1.91. The predicted octanol–water partition coefficient (Wildman–Crippen LogP) is 2.57. The van der Waals surface area contributed by atoms with Crippen molar-refractivity contribution >= 4 is 0 Å². The molecule has 0 N–H and O–H groups in total. The minimum absolute atomic E-state index is 0.618. The van der Waals surface area contributed by atoms with Crippen LogP contribution < -0.4 is 0 Å². The first-order valence-electron chi connectivity index (χ1n) is 3.21. The van der Waals surface area contributed by atoms with Crippen molar-refractivity contribution < 1.29 is 4.74 Å². The van der Waals surface area contributed by atoms with Crippen LogP contribution >= 0.6 is 0 Å². The van der Waals surface area contributed by atoms with Gasteiger partial charge in [-0.1, -0.05) is 18.7 Å². The Morgan fingerprint density at radius 3 is 2.64 bits per heavy atom. The summed E-state index contributed by atoms with van der Waals surface area (Å²) in [5.74, 6) is 0.686. The van der Waals surface area contributed by atoms with Crippen LogP contribution in [0, 0.1) is 6.57 Å². The molecule has 0 saturated carbocycles. The lowest BCUT2D eigenvalue weighted by Crippen LogP contribution is -1.82. The third kappa shape index (κ3) is 3.27. The Bertz CT molecular complexity index is 230. The molecule has 0 fully saturated rings. The van der Waals surface area contributed by atoms with Gasteiger partial charge in [-0.3, -0.25) is 0 Å². The highest BCUT2D eigenvalue weighted by atomic mass is 16.5. The Morgan fingerprint density at radius 2 is 2.27 bits per heavy atom. The molecule has 0 aliphatic rings. The topological polar surface area (TPSA) is 13.6 Å². The monoisotopic (exact) mass is 150 g/mol. The van der Waals surface area contributed by atoms with Gasteiger partial charge in [-0.05, 0) is 4.85 Å². The number of allylic oxidation sites excluding steroid dienone is 4. The smallest absolute Gasteiger partial charge is 0.376 e. The van der Waals surface area contributed by atoms with Crippen molar-refractivity contribution in [2.45, 2.75) is 6.92 Å². The number of ether oxygens (including phenoxy) is 1. The molecule has 0 bridgehead atoms. The van der Waals surface area contributed by atoms with Crippen LogP contribution in [0.4, 0.5) is 0 Å². The molecule has 0 aromatic heterocycles. The minimum atomic E-state index is 0.618. The second kappa shape index (κ2) is 5.31. The minimum Gasteiger partial charge on any atom is -0.493 e. The molecule has 0 aromatic carbocycles. The summed E-state index contributed by atoms with van der Waals surface area (Å²) < 4.78 is 4.92. The van der Waals surface area contributed by atoms with Gasteiger partial charge in [-0.25, -0.2) is 0 Å². The summed E-state index contributed by atoms with van der Waals surface area (Å²) in [6, 6.07) is 0. The normalized spacial score (nSPS) is 12.1. The van der Waals surface area contributed by atoms with Crippen molar-refractivity contribution in [2.75, 3.05) is 7.11 Å². The third-order valence-electron chi connectivity index (χ3n) is 1.20. The molecular weight excluding hydrogens is 138 g/mol. The van der Waals surface area contributed by atoms with Crippen molar-refractivity contribution in [1.82, 2.24) is 0 Å². The summed E-state index contributed by atoms with van der Waals surface area (Å²) >= 11 is 0. The third-order valence-corrected chi connectivity index (χ3v) is 1.20. The van der Waals surface area contributed by atoms with Gasteiger partial charge in [0.25, 0.3) is 6.57 Å². The number of nitrogens with zero attached hydrogens (tertiary/aromatic N) is 1. The first-order chi connectivity index (χ1) is 5.26. The van der Waals surface area contributed by atoms with Gasteiger partial charge in [-0.2, -0.15) is 0 Å². The number of hydrogen-bond acceptors (Lipinski definition) is 1. The van der Waals surface area contributed by atoms with Crippen LogP contribution in [0.25, 0.3) is 4.85 Å². The predicted molar refractivity (Wildman–Crippen MR) is 47.4 cm³/mol. The molecule has 11 heavy (non-hydrogen) atoms. The van der Waals surface area contributed by atoms with E-state index < -0.39 is 0 Å². The molecule has 2 heteroatoms. The van der Waals surface area contributed by atoms with E-state index in [2.05, 4.69) is 11.4 Å². The lowest BCUT2D eigenvalue weighted by molar-refractivity contribution is 0.291. The molecule has 0 amide bonds. The zero-order chi connectivity index (χ0) is 8.69. The van der Waals surface area contributed by atoms with Crippen molar-refractivity contribution in [3.8, 4) is 6.57 Å². The maximum atomic E-state index is 5.09. The second-order valence-corrected chi connectivity index (χ2v) is 1.87. The van der Waals surface area contributed by atoms with E-state index in [4.69, 9.17) is 11.3 Å². The van der Waals surface area contributed by atoms with Gasteiger partial charge in [-0.15, -0.1) is 0 Å². The Balaban J connectivity index is 4.55. The molecule has 0 radical (unpaired) electrons. The Hall–Kier alpha value is -1.49. The van der Waals surface area contributed by atoms with E-state index in [1.54, 1.807) is 32.3 Å². The van der Waals surface area contributed by atoms with Crippen LogP contribution in [0.5, 0.6) is 0 Å². The highest BCUT2D eigenvalue weighted by Gasteiger charge is 2.06. The van der Waals surface area contributed by atoms with Crippen molar-refractivity contribution in [3.63, 3.8) is 0 Å². The summed E-state index contributed by atoms with van der Waals surface area (Å²) in [6.45, 7) is 10.4. The zero-order valence-corrected chi connectivity index (χ0v) is 6.87. The van der Waals surface area contributed by atoms with Gasteiger partial charge in [0.05, 0.1) is 7.11 Å². The Kier molecular flexibility index (Phi) is 4.59. The summed E-state index contributed by atoms with van der Waals surface area (Å²) in [5, 5.41) is 0. The quantitative estimate of drug-likeness (QED) is 0.445. The fraction of sp³-hybridized carbons (Fsp3) is 0.222.